The highest BCUT2D eigenvalue weighted by Gasteiger charge is 1.77. The Kier molecular flexibility index (Phi) is 4.73. The van der Waals surface area contributed by atoms with Gasteiger partial charge in [-0.2, -0.15) is 0 Å². The molecule has 1 aromatic rings. The Morgan fingerprint density at radius 3 is 2.44 bits per heavy atom. The third-order valence-electron chi connectivity index (χ3n) is 0.669. The summed E-state index contributed by atoms with van der Waals surface area (Å²) < 4.78 is 11.9. The zero-order chi connectivity index (χ0) is 7.11. The summed E-state index contributed by atoms with van der Waals surface area (Å²) in [6, 6.07) is 8.53. The summed E-state index contributed by atoms with van der Waals surface area (Å²) in [5.74, 6) is -0.234. The van der Waals surface area contributed by atoms with Crippen LogP contribution in [0.1, 0.15) is 0 Å². The van der Waals surface area contributed by atoms with E-state index in [0.29, 0.717) is 0 Å². The van der Waals surface area contributed by atoms with Gasteiger partial charge in [0.1, 0.15) is 5.82 Å². The Bertz CT molecular complexity index is 139. The Balaban J connectivity index is 0.000000291. The number of rotatable bonds is 0. The Hall–Kier alpha value is -0.890. The van der Waals surface area contributed by atoms with Crippen LogP contribution in [-0.4, -0.2) is 12.2 Å². The molecule has 0 saturated carbocycles. The third kappa shape index (κ3) is 3.67. The average molecular weight is 127 g/mol. The van der Waals surface area contributed by atoms with Crippen LogP contribution in [0.15, 0.2) is 24.3 Å². The molecule has 0 amide bonds. The molecule has 1 N–H and O–H groups in total. The molecular weight excluding hydrogens is 119 g/mol. The predicted octanol–water partition coefficient (Wildman–Crippen LogP) is 1.23. The van der Waals surface area contributed by atoms with Crippen LogP contribution in [0.5, 0.6) is 0 Å². The maximum atomic E-state index is 11.9. The Morgan fingerprint density at radius 2 is 2.22 bits per heavy atom. The minimum absolute atomic E-state index is 0.234. The molecule has 0 saturated heterocycles. The SMILES string of the molecule is CO.Fc1c[c]ccc1. The van der Waals surface area contributed by atoms with Crippen LogP contribution in [0.3, 0.4) is 0 Å². The molecular formula is C7H8FO. The Labute approximate surface area is 53.8 Å². The minimum atomic E-state index is -0.234. The van der Waals surface area contributed by atoms with Gasteiger partial charge in [-0.25, -0.2) is 4.39 Å². The van der Waals surface area contributed by atoms with Crippen molar-refractivity contribution in [1.29, 1.82) is 0 Å². The van der Waals surface area contributed by atoms with Crippen molar-refractivity contribution in [2.75, 3.05) is 7.11 Å². The predicted molar refractivity (Wildman–Crippen MR) is 33.4 cm³/mol. The largest absolute Gasteiger partial charge is 0.400 e. The number of benzene rings is 1. The van der Waals surface area contributed by atoms with Crippen molar-refractivity contribution in [3.63, 3.8) is 0 Å². The second-order valence-electron chi connectivity index (χ2n) is 1.22. The second kappa shape index (κ2) is 5.25. The van der Waals surface area contributed by atoms with E-state index in [0.717, 1.165) is 7.11 Å². The zero-order valence-corrected chi connectivity index (χ0v) is 5.13. The van der Waals surface area contributed by atoms with E-state index in [-0.39, 0.29) is 5.82 Å². The standard InChI is InChI=1S/C6H4F.CH4O/c7-6-4-2-1-3-5-6;1-2/h1-2,4-5H;2H,1H3. The zero-order valence-electron chi connectivity index (χ0n) is 5.13. The summed E-state index contributed by atoms with van der Waals surface area (Å²) in [6.07, 6.45) is 0. The molecule has 0 unspecified atom stereocenters. The highest BCUT2D eigenvalue weighted by Crippen LogP contribution is 1.91. The molecule has 0 bridgehead atoms. The van der Waals surface area contributed by atoms with E-state index >= 15 is 0 Å². The quantitative estimate of drug-likeness (QED) is 0.555. The van der Waals surface area contributed by atoms with Crippen molar-refractivity contribution in [2.45, 2.75) is 0 Å². The Morgan fingerprint density at radius 1 is 1.56 bits per heavy atom. The molecule has 2 heteroatoms. The maximum absolute atomic E-state index is 11.9. The van der Waals surface area contributed by atoms with Crippen molar-refractivity contribution in [1.82, 2.24) is 0 Å². The van der Waals surface area contributed by atoms with Crippen LogP contribution < -0.4 is 0 Å². The van der Waals surface area contributed by atoms with Gasteiger partial charge in [0.15, 0.2) is 0 Å². The molecule has 1 aromatic carbocycles. The first kappa shape index (κ1) is 8.11. The number of halogens is 1. The smallest absolute Gasteiger partial charge is 0.123 e. The van der Waals surface area contributed by atoms with E-state index in [1.54, 1.807) is 12.1 Å². The van der Waals surface area contributed by atoms with Gasteiger partial charge in [-0.1, -0.05) is 12.1 Å². The minimum Gasteiger partial charge on any atom is -0.400 e. The summed E-state index contributed by atoms with van der Waals surface area (Å²) in [5.41, 5.74) is 0. The van der Waals surface area contributed by atoms with Crippen molar-refractivity contribution in [2.24, 2.45) is 0 Å². The van der Waals surface area contributed by atoms with E-state index < -0.39 is 0 Å². The fraction of sp³-hybridized carbons (Fsp3) is 0.143. The van der Waals surface area contributed by atoms with E-state index in [4.69, 9.17) is 5.11 Å². The molecule has 0 spiro atoms. The fourth-order valence-electron chi connectivity index (χ4n) is 0.371. The topological polar surface area (TPSA) is 20.2 Å². The molecule has 9 heavy (non-hydrogen) atoms. The number of hydrogen-bond acceptors (Lipinski definition) is 1. The molecule has 0 aliphatic rings. The molecule has 1 nitrogen and oxygen atoms in total. The van der Waals surface area contributed by atoms with Gasteiger partial charge >= 0.3 is 0 Å². The summed E-state index contributed by atoms with van der Waals surface area (Å²) >= 11 is 0. The van der Waals surface area contributed by atoms with E-state index in [1.165, 1.54) is 12.1 Å². The summed E-state index contributed by atoms with van der Waals surface area (Å²) in [5, 5.41) is 7.00. The van der Waals surface area contributed by atoms with Crippen LogP contribution >= 0.6 is 0 Å². The highest BCUT2D eigenvalue weighted by atomic mass is 19.1. The van der Waals surface area contributed by atoms with E-state index in [2.05, 4.69) is 6.07 Å². The van der Waals surface area contributed by atoms with Gasteiger partial charge < -0.3 is 5.11 Å². The summed E-state index contributed by atoms with van der Waals surface area (Å²) in [6.45, 7) is 0. The summed E-state index contributed by atoms with van der Waals surface area (Å²) in [4.78, 5) is 0. The molecule has 0 heterocycles. The number of aliphatic hydroxyl groups excluding tert-OH is 1. The lowest BCUT2D eigenvalue weighted by Crippen LogP contribution is -1.64. The normalized spacial score (nSPS) is 7.44. The van der Waals surface area contributed by atoms with Gasteiger partial charge in [0.05, 0.1) is 0 Å². The number of aliphatic hydroxyl groups is 1. The van der Waals surface area contributed by atoms with Crippen LogP contribution in [0.25, 0.3) is 0 Å². The van der Waals surface area contributed by atoms with Crippen LogP contribution in [0.2, 0.25) is 0 Å². The van der Waals surface area contributed by atoms with Crippen molar-refractivity contribution in [3.8, 4) is 0 Å². The molecule has 0 aliphatic carbocycles. The first-order valence-electron chi connectivity index (χ1n) is 2.46. The first-order chi connectivity index (χ1) is 4.39. The lowest BCUT2D eigenvalue weighted by molar-refractivity contribution is 0.399. The van der Waals surface area contributed by atoms with Crippen molar-refractivity contribution < 1.29 is 9.50 Å². The first-order valence-corrected chi connectivity index (χ1v) is 2.46. The van der Waals surface area contributed by atoms with E-state index in [1.807, 2.05) is 0 Å². The maximum Gasteiger partial charge on any atom is 0.123 e. The van der Waals surface area contributed by atoms with E-state index in [9.17, 15) is 4.39 Å². The lowest BCUT2D eigenvalue weighted by atomic mass is 10.4. The molecule has 0 aliphatic heterocycles. The van der Waals surface area contributed by atoms with Crippen LogP contribution in [0.4, 0.5) is 4.39 Å². The molecule has 0 aromatic heterocycles. The molecule has 49 valence electrons. The van der Waals surface area contributed by atoms with Crippen molar-refractivity contribution in [3.05, 3.63) is 36.1 Å². The van der Waals surface area contributed by atoms with Crippen LogP contribution in [-0.2, 0) is 0 Å². The third-order valence-corrected chi connectivity index (χ3v) is 0.669. The van der Waals surface area contributed by atoms with Gasteiger partial charge in [0.2, 0.25) is 0 Å². The average Bonchev–Trinajstić information content (AvgIpc) is 1.94. The van der Waals surface area contributed by atoms with Crippen molar-refractivity contribution >= 4 is 0 Å². The van der Waals surface area contributed by atoms with Gasteiger partial charge in [0, 0.05) is 7.11 Å². The number of hydrogen-bond donors (Lipinski definition) is 1. The molecule has 0 fully saturated rings. The van der Waals surface area contributed by atoms with Crippen LogP contribution in [0, 0.1) is 11.9 Å². The monoisotopic (exact) mass is 127 g/mol. The van der Waals surface area contributed by atoms with Gasteiger partial charge in [-0.3, -0.25) is 0 Å². The van der Waals surface area contributed by atoms with Gasteiger partial charge in [-0.15, -0.1) is 0 Å². The highest BCUT2D eigenvalue weighted by molar-refractivity contribution is 5.00. The molecule has 0 atom stereocenters. The van der Waals surface area contributed by atoms with Gasteiger partial charge in [0.25, 0.3) is 0 Å². The summed E-state index contributed by atoms with van der Waals surface area (Å²) in [7, 11) is 1.00. The molecule has 1 radical (unpaired) electrons. The fourth-order valence-corrected chi connectivity index (χ4v) is 0.371. The second-order valence-corrected chi connectivity index (χ2v) is 1.22. The molecule has 1 rings (SSSR count). The lowest BCUT2D eigenvalue weighted by Gasteiger charge is -1.77. The van der Waals surface area contributed by atoms with Gasteiger partial charge in [-0.05, 0) is 18.2 Å².